The molecule has 1 N–H and O–H groups in total. The number of phenolic OH excluding ortho intramolecular Hbond substituents is 1. The van der Waals surface area contributed by atoms with Gasteiger partial charge in [-0.05, 0) is 41.5 Å². The van der Waals surface area contributed by atoms with Crippen LogP contribution in [0.1, 0.15) is 56.5 Å². The Morgan fingerprint density at radius 1 is 1.33 bits per heavy atom. The van der Waals surface area contributed by atoms with E-state index in [1.54, 1.807) is 18.2 Å². The van der Waals surface area contributed by atoms with Gasteiger partial charge in [0.2, 0.25) is 5.78 Å². The third-order valence-corrected chi connectivity index (χ3v) is 2.64. The van der Waals surface area contributed by atoms with Gasteiger partial charge in [-0.15, -0.1) is 0 Å². The summed E-state index contributed by atoms with van der Waals surface area (Å²) >= 11 is 0. The molecule has 0 atom stereocenters. The molecule has 0 amide bonds. The molecule has 1 aromatic carbocycles. The number of hydrogen-bond donors (Lipinski definition) is 1. The molecule has 1 aromatic rings. The van der Waals surface area contributed by atoms with Crippen molar-refractivity contribution in [3.8, 4) is 17.6 Å². The molecular weight excluding hydrogens is 224 g/mol. The minimum Gasteiger partial charge on any atom is -0.508 e. The smallest absolute Gasteiger partial charge is 0.235 e. The molecule has 0 radical (unpaired) electrons. The molecule has 0 aliphatic heterocycles. The van der Waals surface area contributed by atoms with E-state index >= 15 is 0 Å². The van der Waals surface area contributed by atoms with Crippen LogP contribution < -0.4 is 0 Å². The number of unbranched alkanes of at least 4 members (excludes halogenated alkanes) is 1. The molecule has 0 saturated heterocycles. The number of Topliss-reactive ketones (excluding diaryl/α,β-unsaturated/α-hetero) is 1. The molecule has 0 heterocycles. The van der Waals surface area contributed by atoms with Crippen molar-refractivity contribution in [2.75, 3.05) is 0 Å². The van der Waals surface area contributed by atoms with Crippen LogP contribution in [0.2, 0.25) is 0 Å². The normalized spacial score (nSPS) is 10.7. The molecule has 0 bridgehead atoms. The first-order valence-electron chi connectivity index (χ1n) is 6.23. The molecule has 2 heteroatoms. The molecule has 0 aliphatic rings. The van der Waals surface area contributed by atoms with Gasteiger partial charge >= 0.3 is 0 Å². The Morgan fingerprint density at radius 2 is 2.00 bits per heavy atom. The number of phenols is 1. The van der Waals surface area contributed by atoms with Crippen LogP contribution in [0.25, 0.3) is 0 Å². The second kappa shape index (κ2) is 5.73. The van der Waals surface area contributed by atoms with E-state index < -0.39 is 0 Å². The van der Waals surface area contributed by atoms with Gasteiger partial charge in [0.05, 0.1) is 0 Å². The zero-order chi connectivity index (χ0) is 13.8. The van der Waals surface area contributed by atoms with Gasteiger partial charge in [-0.1, -0.05) is 33.6 Å². The van der Waals surface area contributed by atoms with Gasteiger partial charge in [0.15, 0.2) is 0 Å². The first-order valence-corrected chi connectivity index (χ1v) is 6.23. The van der Waals surface area contributed by atoms with Crippen molar-refractivity contribution in [3.63, 3.8) is 0 Å². The first-order chi connectivity index (χ1) is 8.36. The number of benzene rings is 1. The molecule has 0 aliphatic carbocycles. The Bertz CT molecular complexity index is 496. The molecule has 1 rings (SSSR count). The largest absolute Gasteiger partial charge is 0.508 e. The predicted molar refractivity (Wildman–Crippen MR) is 73.8 cm³/mol. The molecule has 2 nitrogen and oxygen atoms in total. The number of carbonyl (C=O) groups excluding carboxylic acids is 1. The molecule has 96 valence electrons. The molecule has 18 heavy (non-hydrogen) atoms. The maximum atomic E-state index is 11.9. The summed E-state index contributed by atoms with van der Waals surface area (Å²) < 4.78 is 0. The summed E-state index contributed by atoms with van der Waals surface area (Å²) in [6.07, 6.45) is 1.68. The lowest BCUT2D eigenvalue weighted by molar-refractivity contribution is 0.105. The van der Waals surface area contributed by atoms with Crippen LogP contribution in [-0.2, 0) is 5.41 Å². The fraction of sp³-hybridized carbons (Fsp3) is 0.438. The van der Waals surface area contributed by atoms with Crippen molar-refractivity contribution in [1.29, 1.82) is 0 Å². The summed E-state index contributed by atoms with van der Waals surface area (Å²) in [5, 5.41) is 9.82. The number of aromatic hydroxyl groups is 1. The minimum absolute atomic E-state index is 0.186. The van der Waals surface area contributed by atoms with E-state index in [1.807, 2.05) is 27.7 Å². The third-order valence-electron chi connectivity index (χ3n) is 2.64. The van der Waals surface area contributed by atoms with E-state index in [-0.39, 0.29) is 16.9 Å². The highest BCUT2D eigenvalue weighted by molar-refractivity contribution is 6.09. The zero-order valence-corrected chi connectivity index (χ0v) is 11.5. The van der Waals surface area contributed by atoms with Crippen LogP contribution in [-0.4, -0.2) is 10.9 Å². The van der Waals surface area contributed by atoms with Gasteiger partial charge in [-0.2, -0.15) is 0 Å². The van der Waals surface area contributed by atoms with E-state index in [4.69, 9.17) is 0 Å². The van der Waals surface area contributed by atoms with Crippen LogP contribution in [0.3, 0.4) is 0 Å². The fourth-order valence-electron chi connectivity index (χ4n) is 1.62. The molecule has 0 saturated carbocycles. The lowest BCUT2D eigenvalue weighted by Gasteiger charge is -2.20. The lowest BCUT2D eigenvalue weighted by Crippen LogP contribution is -2.12. The van der Waals surface area contributed by atoms with Crippen molar-refractivity contribution >= 4 is 5.78 Å². The third kappa shape index (κ3) is 3.63. The summed E-state index contributed by atoms with van der Waals surface area (Å²) in [7, 11) is 0. The number of hydrogen-bond acceptors (Lipinski definition) is 2. The molecular formula is C16H20O2. The molecule has 0 unspecified atom stereocenters. The summed E-state index contributed by atoms with van der Waals surface area (Å²) in [4.78, 5) is 11.9. The van der Waals surface area contributed by atoms with Gasteiger partial charge in [0.25, 0.3) is 0 Å². The Balaban J connectivity index is 3.07. The average Bonchev–Trinajstić information content (AvgIpc) is 2.28. The fourth-order valence-corrected chi connectivity index (χ4v) is 1.62. The SMILES string of the molecule is CCCC#CC(=O)c1ccc(O)c(C(C)(C)C)c1. The van der Waals surface area contributed by atoms with E-state index in [1.165, 1.54) is 0 Å². The van der Waals surface area contributed by atoms with Gasteiger partial charge in [-0.25, -0.2) is 0 Å². The second-order valence-corrected chi connectivity index (χ2v) is 5.36. The number of carbonyl (C=O) groups is 1. The first kappa shape index (κ1) is 14.3. The quantitative estimate of drug-likeness (QED) is 0.489. The van der Waals surface area contributed by atoms with Crippen molar-refractivity contribution in [2.45, 2.75) is 46.0 Å². The van der Waals surface area contributed by atoms with Crippen molar-refractivity contribution in [1.82, 2.24) is 0 Å². The summed E-state index contributed by atoms with van der Waals surface area (Å²) in [5.74, 6) is 5.51. The molecule has 0 spiro atoms. The van der Waals surface area contributed by atoms with E-state index in [0.29, 0.717) is 5.56 Å². The summed E-state index contributed by atoms with van der Waals surface area (Å²) in [6, 6.07) is 4.92. The van der Waals surface area contributed by atoms with Crippen molar-refractivity contribution < 1.29 is 9.90 Å². The Kier molecular flexibility index (Phi) is 4.55. The van der Waals surface area contributed by atoms with E-state index in [2.05, 4.69) is 11.8 Å². The highest BCUT2D eigenvalue weighted by atomic mass is 16.3. The summed E-state index contributed by atoms with van der Waals surface area (Å²) in [6.45, 7) is 8.02. The van der Waals surface area contributed by atoms with Crippen LogP contribution in [0.15, 0.2) is 18.2 Å². The van der Waals surface area contributed by atoms with Crippen molar-refractivity contribution in [2.24, 2.45) is 0 Å². The van der Waals surface area contributed by atoms with E-state index in [9.17, 15) is 9.90 Å². The average molecular weight is 244 g/mol. The van der Waals surface area contributed by atoms with Crippen LogP contribution >= 0.6 is 0 Å². The Morgan fingerprint density at radius 3 is 2.56 bits per heavy atom. The maximum absolute atomic E-state index is 11.9. The van der Waals surface area contributed by atoms with Crippen molar-refractivity contribution in [3.05, 3.63) is 29.3 Å². The molecule has 0 aromatic heterocycles. The van der Waals surface area contributed by atoms with Crippen LogP contribution in [0.4, 0.5) is 0 Å². The monoisotopic (exact) mass is 244 g/mol. The zero-order valence-electron chi connectivity index (χ0n) is 11.5. The second-order valence-electron chi connectivity index (χ2n) is 5.36. The topological polar surface area (TPSA) is 37.3 Å². The van der Waals surface area contributed by atoms with Crippen LogP contribution in [0.5, 0.6) is 5.75 Å². The Hall–Kier alpha value is -1.75. The number of ketones is 1. The van der Waals surface area contributed by atoms with Gasteiger partial charge in [-0.3, -0.25) is 4.79 Å². The lowest BCUT2D eigenvalue weighted by atomic mass is 9.85. The standard InChI is InChI=1S/C16H20O2/c1-5-6-7-8-14(17)12-9-10-15(18)13(11-12)16(2,3)4/h9-11,18H,5-6H2,1-4H3. The van der Waals surface area contributed by atoms with E-state index in [0.717, 1.165) is 18.4 Å². The van der Waals surface area contributed by atoms with Gasteiger partial charge in [0, 0.05) is 12.0 Å². The predicted octanol–water partition coefficient (Wildman–Crippen LogP) is 3.68. The highest BCUT2D eigenvalue weighted by Crippen LogP contribution is 2.31. The Labute approximate surface area is 109 Å². The van der Waals surface area contributed by atoms with Gasteiger partial charge in [0.1, 0.15) is 5.75 Å². The number of rotatable bonds is 2. The minimum atomic E-state index is -0.197. The summed E-state index contributed by atoms with van der Waals surface area (Å²) in [5.41, 5.74) is 1.11. The maximum Gasteiger partial charge on any atom is 0.235 e. The van der Waals surface area contributed by atoms with Crippen LogP contribution in [0, 0.1) is 11.8 Å². The highest BCUT2D eigenvalue weighted by Gasteiger charge is 2.19. The van der Waals surface area contributed by atoms with Gasteiger partial charge < -0.3 is 5.11 Å². The molecule has 0 fully saturated rings.